The third-order valence-electron chi connectivity index (χ3n) is 5.56. The molecule has 1 aliphatic heterocycles. The lowest BCUT2D eigenvalue weighted by molar-refractivity contribution is -0.647. The van der Waals surface area contributed by atoms with Crippen molar-refractivity contribution >= 4 is 16.8 Å². The van der Waals surface area contributed by atoms with Gasteiger partial charge < -0.3 is 22.1 Å². The van der Waals surface area contributed by atoms with Gasteiger partial charge in [-0.3, -0.25) is 0 Å². The average Bonchev–Trinajstić information content (AvgIpc) is 2.99. The maximum absolute atomic E-state index is 9.61. The van der Waals surface area contributed by atoms with Gasteiger partial charge >= 0.3 is 5.78 Å². The van der Waals surface area contributed by atoms with Crippen LogP contribution in [0.15, 0.2) is 42.6 Å². The van der Waals surface area contributed by atoms with Crippen LogP contribution >= 0.6 is 0 Å². The summed E-state index contributed by atoms with van der Waals surface area (Å²) in [6, 6.07) is 12.2. The first-order valence-electron chi connectivity index (χ1n) is 8.97. The van der Waals surface area contributed by atoms with Crippen molar-refractivity contribution in [1.82, 2.24) is 8.97 Å². The molecule has 1 aliphatic rings. The van der Waals surface area contributed by atoms with Crippen LogP contribution < -0.4 is 21.5 Å². The first kappa shape index (κ1) is 17.2. The Bertz CT molecular complexity index is 1120. The Labute approximate surface area is 163 Å². The molecular formula is C21H22BrN3O. The van der Waals surface area contributed by atoms with Crippen LogP contribution in [0.2, 0.25) is 0 Å². The molecule has 4 aromatic rings. The molecule has 0 saturated heterocycles. The quantitative estimate of drug-likeness (QED) is 0.465. The van der Waals surface area contributed by atoms with E-state index in [0.717, 1.165) is 18.7 Å². The van der Waals surface area contributed by atoms with E-state index in [0.29, 0.717) is 5.75 Å². The largest absolute Gasteiger partial charge is 1.00 e. The number of rotatable bonds is 1. The van der Waals surface area contributed by atoms with Gasteiger partial charge in [-0.25, -0.2) is 9.13 Å². The zero-order chi connectivity index (χ0) is 17.1. The van der Waals surface area contributed by atoms with Crippen molar-refractivity contribution in [2.24, 2.45) is 0 Å². The summed E-state index contributed by atoms with van der Waals surface area (Å²) < 4.78 is 7.25. The van der Waals surface area contributed by atoms with Crippen LogP contribution in [0.3, 0.4) is 0 Å². The third-order valence-corrected chi connectivity index (χ3v) is 5.56. The number of phenolic OH excluding ortho intramolecular Hbond substituents is 1. The van der Waals surface area contributed by atoms with Gasteiger partial charge in [-0.1, -0.05) is 0 Å². The summed E-state index contributed by atoms with van der Waals surface area (Å²) in [5, 5.41) is 9.61. The molecule has 0 unspecified atom stereocenters. The van der Waals surface area contributed by atoms with E-state index in [4.69, 9.17) is 0 Å². The van der Waals surface area contributed by atoms with E-state index < -0.39 is 0 Å². The first-order chi connectivity index (χ1) is 12.1. The van der Waals surface area contributed by atoms with Crippen molar-refractivity contribution in [2.45, 2.75) is 39.8 Å². The summed E-state index contributed by atoms with van der Waals surface area (Å²) in [4.78, 5) is 0. The maximum Gasteiger partial charge on any atom is 0.370 e. The lowest BCUT2D eigenvalue weighted by atomic mass is 10.1. The second-order valence-electron chi connectivity index (χ2n) is 7.17. The molecule has 4 nitrogen and oxygen atoms in total. The number of hydrogen-bond acceptors (Lipinski definition) is 1. The van der Waals surface area contributed by atoms with E-state index in [9.17, 15) is 5.11 Å². The molecule has 1 N–H and O–H groups in total. The summed E-state index contributed by atoms with van der Waals surface area (Å²) in [6.07, 6.45) is 4.63. The van der Waals surface area contributed by atoms with Crippen LogP contribution in [0.1, 0.15) is 24.0 Å². The molecule has 5 heteroatoms. The predicted molar refractivity (Wildman–Crippen MR) is 98.9 cm³/mol. The number of hydrogen-bond donors (Lipinski definition) is 1. The smallest absolute Gasteiger partial charge is 0.370 e. The van der Waals surface area contributed by atoms with E-state index in [-0.39, 0.29) is 17.0 Å². The summed E-state index contributed by atoms with van der Waals surface area (Å²) in [5.74, 6) is 1.57. The van der Waals surface area contributed by atoms with Gasteiger partial charge in [-0.05, 0) is 74.2 Å². The van der Waals surface area contributed by atoms with E-state index in [2.05, 4.69) is 45.7 Å². The van der Waals surface area contributed by atoms with Crippen LogP contribution in [0.4, 0.5) is 0 Å². The number of fused-ring (bicyclic) bond motifs is 3. The molecule has 0 bridgehead atoms. The Morgan fingerprint density at radius 2 is 1.73 bits per heavy atom. The molecule has 134 valence electrons. The van der Waals surface area contributed by atoms with Gasteiger partial charge in [0.15, 0.2) is 0 Å². The first-order valence-corrected chi connectivity index (χ1v) is 8.97. The average molecular weight is 412 g/mol. The maximum atomic E-state index is 9.61. The lowest BCUT2D eigenvalue weighted by Crippen LogP contribution is -3.00. The molecular weight excluding hydrogens is 390 g/mol. The van der Waals surface area contributed by atoms with Gasteiger partial charge in [-0.2, -0.15) is 4.40 Å². The predicted octanol–water partition coefficient (Wildman–Crippen LogP) is 0.969. The molecule has 0 radical (unpaired) electrons. The Kier molecular flexibility index (Phi) is 4.07. The molecule has 2 aromatic carbocycles. The second-order valence-corrected chi connectivity index (χ2v) is 7.17. The van der Waals surface area contributed by atoms with Gasteiger partial charge in [0.1, 0.15) is 28.7 Å². The fraction of sp³-hybridized carbons (Fsp3) is 0.286. The Balaban J connectivity index is 0.00000168. The highest BCUT2D eigenvalue weighted by atomic mass is 79.9. The second kappa shape index (κ2) is 6.16. The monoisotopic (exact) mass is 411 g/mol. The van der Waals surface area contributed by atoms with Gasteiger partial charge in [0.2, 0.25) is 0 Å². The van der Waals surface area contributed by atoms with Crippen molar-refractivity contribution in [1.29, 1.82) is 0 Å². The molecule has 0 saturated carbocycles. The van der Waals surface area contributed by atoms with E-state index in [1.165, 1.54) is 46.5 Å². The van der Waals surface area contributed by atoms with Gasteiger partial charge in [-0.15, -0.1) is 0 Å². The standard InChI is InChI=1S/C21H21N3O.BrH/c1-14-11-18-19(12-15(14)2)24-13-20(16-5-7-17(25)8-6-16)23-10-4-3-9-22(18)21(23)24;/h5-8,11-13H,3-4,9-10H2,1-2H3;1H. The van der Waals surface area contributed by atoms with Crippen molar-refractivity contribution < 1.29 is 26.7 Å². The minimum absolute atomic E-state index is 0. The highest BCUT2D eigenvalue weighted by Crippen LogP contribution is 2.29. The van der Waals surface area contributed by atoms with Crippen LogP contribution in [0.5, 0.6) is 5.75 Å². The number of aromatic hydroxyl groups is 1. The molecule has 2 aromatic heterocycles. The zero-order valence-corrected chi connectivity index (χ0v) is 16.6. The fourth-order valence-electron chi connectivity index (χ4n) is 4.09. The topological polar surface area (TPSA) is 33.5 Å². The Morgan fingerprint density at radius 1 is 1.00 bits per heavy atom. The molecule has 0 spiro atoms. The zero-order valence-electron chi connectivity index (χ0n) is 15.0. The van der Waals surface area contributed by atoms with Crippen molar-refractivity contribution in [3.63, 3.8) is 0 Å². The molecule has 3 heterocycles. The summed E-state index contributed by atoms with van der Waals surface area (Å²) in [5.41, 5.74) is 7.64. The highest BCUT2D eigenvalue weighted by Gasteiger charge is 2.28. The van der Waals surface area contributed by atoms with Crippen LogP contribution in [0, 0.1) is 13.8 Å². The minimum atomic E-state index is 0. The normalized spacial score (nSPS) is 13.8. The summed E-state index contributed by atoms with van der Waals surface area (Å²) in [6.45, 7) is 6.47. The molecule has 0 fully saturated rings. The molecule has 5 rings (SSSR count). The van der Waals surface area contributed by atoms with Crippen molar-refractivity contribution in [3.8, 4) is 17.0 Å². The number of phenols is 1. The van der Waals surface area contributed by atoms with E-state index in [1.54, 1.807) is 12.1 Å². The number of halogens is 1. The van der Waals surface area contributed by atoms with Crippen molar-refractivity contribution in [3.05, 3.63) is 53.7 Å². The van der Waals surface area contributed by atoms with Crippen LogP contribution in [-0.4, -0.2) is 14.1 Å². The summed E-state index contributed by atoms with van der Waals surface area (Å²) in [7, 11) is 0. The minimum Gasteiger partial charge on any atom is -1.00 e. The van der Waals surface area contributed by atoms with E-state index >= 15 is 0 Å². The SMILES string of the molecule is Cc1cc2c(cc1C)[n+]1c3n(c(-c4ccc(O)cc4)cn23)CCCC1.[Br-]. The lowest BCUT2D eigenvalue weighted by Gasteiger charge is -2.03. The van der Waals surface area contributed by atoms with E-state index in [1.807, 2.05) is 12.1 Å². The number of aryl methyl sites for hydroxylation is 4. The van der Waals surface area contributed by atoms with Gasteiger partial charge in [0.05, 0.1) is 13.1 Å². The van der Waals surface area contributed by atoms with Crippen molar-refractivity contribution in [2.75, 3.05) is 0 Å². The van der Waals surface area contributed by atoms with Gasteiger partial charge in [0, 0.05) is 5.56 Å². The third kappa shape index (κ3) is 2.37. The summed E-state index contributed by atoms with van der Waals surface area (Å²) >= 11 is 0. The highest BCUT2D eigenvalue weighted by molar-refractivity contribution is 5.79. The number of aromatic nitrogens is 3. The number of imidazole rings is 2. The Morgan fingerprint density at radius 3 is 2.50 bits per heavy atom. The molecule has 26 heavy (non-hydrogen) atoms. The number of benzene rings is 2. The fourth-order valence-corrected chi connectivity index (χ4v) is 4.09. The molecule has 0 aliphatic carbocycles. The molecule has 0 atom stereocenters. The Hall–Kier alpha value is -2.27. The van der Waals surface area contributed by atoms with Gasteiger partial charge in [0.25, 0.3) is 0 Å². The van der Waals surface area contributed by atoms with Crippen LogP contribution in [-0.2, 0) is 13.1 Å². The molecule has 0 amide bonds. The number of nitrogens with zero attached hydrogens (tertiary/aromatic N) is 3. The van der Waals surface area contributed by atoms with Crippen LogP contribution in [0.25, 0.3) is 28.1 Å².